The number of aromatic nitrogens is 3. The Bertz CT molecular complexity index is 1050. The molecule has 2 aliphatic rings. The van der Waals surface area contributed by atoms with Gasteiger partial charge in [0.25, 0.3) is 0 Å². The Balaban J connectivity index is 1.44. The predicted octanol–water partition coefficient (Wildman–Crippen LogP) is 2.04. The number of rotatable bonds is 6. The van der Waals surface area contributed by atoms with Crippen molar-refractivity contribution in [3.63, 3.8) is 0 Å². The Morgan fingerprint density at radius 2 is 2.20 bits per heavy atom. The number of thiophene rings is 1. The summed E-state index contributed by atoms with van der Waals surface area (Å²) in [5, 5.41) is 8.27. The first-order valence-electron chi connectivity index (χ1n) is 10.3. The standard InChI is InChI=1S/C20H28N4O4S2/c1-4-16-9-17-18(25)13-28-20(19(17)29-16)5-6-23(14(2)10-20)11-15-12-24(22-21-15)7-8-30(3,26)27/h9,12,14H,4-8,10-11,13H2,1-3H3/t14-,20+/m0/s1. The molecule has 0 amide bonds. The van der Waals surface area contributed by atoms with Gasteiger partial charge in [0.05, 0.1) is 18.0 Å². The third kappa shape index (κ3) is 4.37. The quantitative estimate of drug-likeness (QED) is 0.662. The first kappa shape index (κ1) is 21.6. The van der Waals surface area contributed by atoms with E-state index in [4.69, 9.17) is 4.74 Å². The highest BCUT2D eigenvalue weighted by Crippen LogP contribution is 2.47. The van der Waals surface area contributed by atoms with Crippen molar-refractivity contribution in [3.8, 4) is 0 Å². The minimum Gasteiger partial charge on any atom is -0.361 e. The molecule has 4 rings (SSSR count). The van der Waals surface area contributed by atoms with E-state index in [0.29, 0.717) is 13.1 Å². The molecule has 1 fully saturated rings. The second kappa shape index (κ2) is 8.14. The molecule has 30 heavy (non-hydrogen) atoms. The van der Waals surface area contributed by atoms with E-state index in [1.54, 1.807) is 16.0 Å². The van der Waals surface area contributed by atoms with Gasteiger partial charge in [0, 0.05) is 46.9 Å². The van der Waals surface area contributed by atoms with Gasteiger partial charge < -0.3 is 4.74 Å². The van der Waals surface area contributed by atoms with Crippen molar-refractivity contribution < 1.29 is 17.9 Å². The van der Waals surface area contributed by atoms with E-state index in [2.05, 4.69) is 35.1 Å². The fourth-order valence-corrected chi connectivity index (χ4v) is 6.14. The number of fused-ring (bicyclic) bond motifs is 2. The largest absolute Gasteiger partial charge is 0.361 e. The molecule has 1 spiro atoms. The number of carbonyl (C=O) groups is 1. The molecule has 10 heteroatoms. The second-order valence-electron chi connectivity index (χ2n) is 8.39. The number of Topliss-reactive ketones (excluding diaryl/α,β-unsaturated/α-hetero) is 1. The van der Waals surface area contributed by atoms with Crippen molar-refractivity contribution in [2.45, 2.75) is 57.8 Å². The van der Waals surface area contributed by atoms with Crippen LogP contribution in [0.15, 0.2) is 12.3 Å². The van der Waals surface area contributed by atoms with Gasteiger partial charge in [-0.15, -0.1) is 16.4 Å². The highest BCUT2D eigenvalue weighted by molar-refractivity contribution is 7.90. The number of sulfone groups is 1. The summed E-state index contributed by atoms with van der Waals surface area (Å²) in [5.41, 5.74) is 1.32. The lowest BCUT2D eigenvalue weighted by atomic mass is 9.82. The number of hydrogen-bond donors (Lipinski definition) is 0. The second-order valence-corrected chi connectivity index (χ2v) is 11.8. The molecule has 0 bridgehead atoms. The lowest BCUT2D eigenvalue weighted by Gasteiger charge is -2.46. The Kier molecular flexibility index (Phi) is 5.86. The molecule has 0 N–H and O–H groups in total. The van der Waals surface area contributed by atoms with Gasteiger partial charge in [-0.2, -0.15) is 0 Å². The van der Waals surface area contributed by atoms with Gasteiger partial charge in [-0.05, 0) is 32.3 Å². The van der Waals surface area contributed by atoms with Crippen LogP contribution < -0.4 is 0 Å². The summed E-state index contributed by atoms with van der Waals surface area (Å²) in [4.78, 5) is 17.1. The van der Waals surface area contributed by atoms with E-state index < -0.39 is 9.84 Å². The maximum Gasteiger partial charge on any atom is 0.189 e. The van der Waals surface area contributed by atoms with Crippen LogP contribution in [0.3, 0.4) is 0 Å². The molecule has 2 aromatic heterocycles. The molecule has 2 atom stereocenters. The molecular formula is C20H28N4O4S2. The summed E-state index contributed by atoms with van der Waals surface area (Å²) in [7, 11) is -3.03. The number of carbonyl (C=O) groups excluding carboxylic acids is 1. The molecule has 4 heterocycles. The normalized spacial score (nSPS) is 25.0. The zero-order chi connectivity index (χ0) is 21.5. The number of nitrogens with zero attached hydrogens (tertiary/aromatic N) is 4. The monoisotopic (exact) mass is 452 g/mol. The molecule has 2 aliphatic heterocycles. The first-order chi connectivity index (χ1) is 14.2. The number of aryl methyl sites for hydroxylation is 2. The van der Waals surface area contributed by atoms with Gasteiger partial charge in [0.2, 0.25) is 0 Å². The average Bonchev–Trinajstić information content (AvgIpc) is 3.33. The maximum absolute atomic E-state index is 12.4. The minimum atomic E-state index is -3.03. The number of ether oxygens (including phenoxy) is 1. The first-order valence-corrected chi connectivity index (χ1v) is 13.2. The summed E-state index contributed by atoms with van der Waals surface area (Å²) >= 11 is 1.72. The molecule has 0 aliphatic carbocycles. The summed E-state index contributed by atoms with van der Waals surface area (Å²) in [6.07, 6.45) is 5.64. The van der Waals surface area contributed by atoms with Crippen molar-refractivity contribution in [2.75, 3.05) is 25.2 Å². The Morgan fingerprint density at radius 1 is 1.40 bits per heavy atom. The van der Waals surface area contributed by atoms with E-state index in [1.807, 2.05) is 6.20 Å². The summed E-state index contributed by atoms with van der Waals surface area (Å²) in [6.45, 7) is 6.27. The Labute approximate surface area is 181 Å². The maximum atomic E-state index is 12.4. The fraction of sp³-hybridized carbons (Fsp3) is 0.650. The molecule has 164 valence electrons. The van der Waals surface area contributed by atoms with Gasteiger partial charge in [-0.1, -0.05) is 12.1 Å². The number of ketones is 1. The summed E-state index contributed by atoms with van der Waals surface area (Å²) < 4.78 is 30.5. The van der Waals surface area contributed by atoms with E-state index in [-0.39, 0.29) is 29.8 Å². The topological polar surface area (TPSA) is 94.4 Å². The van der Waals surface area contributed by atoms with Crippen molar-refractivity contribution in [2.24, 2.45) is 0 Å². The van der Waals surface area contributed by atoms with Crippen LogP contribution in [-0.4, -0.2) is 65.3 Å². The van der Waals surface area contributed by atoms with E-state index >= 15 is 0 Å². The van der Waals surface area contributed by atoms with Crippen LogP contribution in [0.4, 0.5) is 0 Å². The van der Waals surface area contributed by atoms with Gasteiger partial charge in [0.1, 0.15) is 22.0 Å². The Hall–Kier alpha value is -1.62. The van der Waals surface area contributed by atoms with Gasteiger partial charge >= 0.3 is 0 Å². The molecule has 0 radical (unpaired) electrons. The van der Waals surface area contributed by atoms with Crippen LogP contribution in [0.2, 0.25) is 0 Å². The van der Waals surface area contributed by atoms with E-state index in [9.17, 15) is 13.2 Å². The zero-order valence-electron chi connectivity index (χ0n) is 17.6. The van der Waals surface area contributed by atoms with E-state index in [1.165, 1.54) is 11.1 Å². The highest BCUT2D eigenvalue weighted by Gasteiger charge is 2.46. The Morgan fingerprint density at radius 3 is 2.90 bits per heavy atom. The van der Waals surface area contributed by atoms with Crippen molar-refractivity contribution >= 4 is 27.0 Å². The van der Waals surface area contributed by atoms with Crippen LogP contribution in [-0.2, 0) is 39.7 Å². The fourth-order valence-electron chi connectivity index (χ4n) is 4.32. The molecule has 8 nitrogen and oxygen atoms in total. The molecule has 0 unspecified atom stereocenters. The highest BCUT2D eigenvalue weighted by atomic mass is 32.2. The van der Waals surface area contributed by atoms with Crippen LogP contribution in [0, 0.1) is 0 Å². The van der Waals surface area contributed by atoms with Gasteiger partial charge in [-0.25, -0.2) is 8.42 Å². The van der Waals surface area contributed by atoms with Gasteiger partial charge in [-0.3, -0.25) is 14.4 Å². The summed E-state index contributed by atoms with van der Waals surface area (Å²) in [5.74, 6) is 0.143. The van der Waals surface area contributed by atoms with Gasteiger partial charge in [0.15, 0.2) is 5.78 Å². The molecule has 0 aromatic carbocycles. The summed E-state index contributed by atoms with van der Waals surface area (Å²) in [6, 6.07) is 2.31. The average molecular weight is 453 g/mol. The van der Waals surface area contributed by atoms with Crippen molar-refractivity contribution in [1.29, 1.82) is 0 Å². The number of hydrogen-bond acceptors (Lipinski definition) is 8. The lowest BCUT2D eigenvalue weighted by Crippen LogP contribution is -2.50. The smallest absolute Gasteiger partial charge is 0.189 e. The van der Waals surface area contributed by atoms with Crippen LogP contribution in [0.5, 0.6) is 0 Å². The molecule has 1 saturated heterocycles. The molecular weight excluding hydrogens is 424 g/mol. The third-order valence-electron chi connectivity index (χ3n) is 6.02. The van der Waals surface area contributed by atoms with Crippen molar-refractivity contribution in [1.82, 2.24) is 19.9 Å². The van der Waals surface area contributed by atoms with Crippen LogP contribution in [0.25, 0.3) is 0 Å². The SMILES string of the molecule is CCc1cc2c(s1)[C@]1(CCN(Cc3cn(CCS(C)(=O)=O)nn3)[C@@H](C)C1)OCC2=O. The number of likely N-dealkylation sites (tertiary alicyclic amines) is 1. The minimum absolute atomic E-state index is 0.0530. The van der Waals surface area contributed by atoms with E-state index in [0.717, 1.165) is 41.9 Å². The number of piperidine rings is 1. The van der Waals surface area contributed by atoms with Crippen LogP contribution in [0.1, 0.15) is 52.5 Å². The van der Waals surface area contributed by atoms with Crippen molar-refractivity contribution in [3.05, 3.63) is 33.3 Å². The molecule has 2 aromatic rings. The zero-order valence-corrected chi connectivity index (χ0v) is 19.3. The van der Waals surface area contributed by atoms with Crippen LogP contribution >= 0.6 is 11.3 Å². The molecule has 0 saturated carbocycles. The predicted molar refractivity (Wildman–Crippen MR) is 114 cm³/mol. The third-order valence-corrected chi connectivity index (χ3v) is 8.41. The lowest BCUT2D eigenvalue weighted by molar-refractivity contribution is -0.0998.